The van der Waals surface area contributed by atoms with Gasteiger partial charge in [0, 0.05) is 18.3 Å². The molecular weight excluding hydrogens is 366 g/mol. The lowest BCUT2D eigenvalue weighted by Gasteiger charge is -2.27. The maximum Gasteiger partial charge on any atom is 0.279 e. The Balaban J connectivity index is 1.90. The van der Waals surface area contributed by atoms with Crippen LogP contribution in [0.2, 0.25) is 0 Å². The highest BCUT2D eigenvalue weighted by Gasteiger charge is 2.34. The van der Waals surface area contributed by atoms with Gasteiger partial charge in [0.25, 0.3) is 11.8 Å². The summed E-state index contributed by atoms with van der Waals surface area (Å²) in [7, 11) is -1.25. The first kappa shape index (κ1) is 21.4. The van der Waals surface area contributed by atoms with Gasteiger partial charge >= 0.3 is 0 Å². The molecule has 150 valence electrons. The smallest absolute Gasteiger partial charge is 0.279 e. The van der Waals surface area contributed by atoms with E-state index in [9.17, 15) is 18.0 Å². The molecular formula is C19H30N3O4S+. The molecule has 1 aromatic rings. The van der Waals surface area contributed by atoms with Gasteiger partial charge in [-0.25, -0.2) is 8.42 Å². The molecule has 27 heavy (non-hydrogen) atoms. The minimum atomic E-state index is -3.04. The van der Waals surface area contributed by atoms with E-state index < -0.39 is 9.84 Å². The number of rotatable bonds is 7. The molecule has 0 spiro atoms. The molecule has 0 saturated carbocycles. The molecule has 1 heterocycles. The third-order valence-electron chi connectivity index (χ3n) is 5.10. The van der Waals surface area contributed by atoms with E-state index in [0.717, 1.165) is 21.7 Å². The van der Waals surface area contributed by atoms with Crippen LogP contribution < -0.4 is 10.2 Å². The number of sulfone groups is 1. The van der Waals surface area contributed by atoms with Gasteiger partial charge in [-0.3, -0.25) is 9.59 Å². The van der Waals surface area contributed by atoms with Crippen LogP contribution in [0, 0.1) is 13.8 Å². The van der Waals surface area contributed by atoms with E-state index in [1.807, 2.05) is 39.0 Å². The molecule has 0 bridgehead atoms. The predicted octanol–water partition coefficient (Wildman–Crippen LogP) is -0.208. The van der Waals surface area contributed by atoms with Crippen LogP contribution in [0.3, 0.4) is 0 Å². The van der Waals surface area contributed by atoms with Gasteiger partial charge < -0.3 is 15.1 Å². The number of likely N-dealkylation sites (N-methyl/N-ethyl adjacent to an activating group) is 2. The maximum atomic E-state index is 12.6. The molecule has 1 unspecified atom stereocenters. The highest BCUT2D eigenvalue weighted by molar-refractivity contribution is 7.91. The molecule has 0 radical (unpaired) electrons. The molecule has 1 aliphatic rings. The number of nitrogens with one attached hydrogen (secondary N) is 2. The topological polar surface area (TPSA) is 88.0 Å². The van der Waals surface area contributed by atoms with E-state index >= 15 is 0 Å². The molecule has 8 heteroatoms. The molecule has 7 nitrogen and oxygen atoms in total. The fraction of sp³-hybridized carbons (Fsp3) is 0.579. The Bertz CT molecular complexity index is 807. The number of benzene rings is 1. The average Bonchev–Trinajstić information content (AvgIpc) is 2.92. The summed E-state index contributed by atoms with van der Waals surface area (Å²) in [5, 5.41) is 2.90. The number of hydrogen-bond acceptors (Lipinski definition) is 4. The monoisotopic (exact) mass is 396 g/mol. The molecule has 0 aromatic heterocycles. The lowest BCUT2D eigenvalue weighted by Crippen LogP contribution is -3.11. The summed E-state index contributed by atoms with van der Waals surface area (Å²) < 4.78 is 23.4. The number of amides is 2. The Morgan fingerprint density at radius 3 is 2.56 bits per heavy atom. The molecule has 2 amide bonds. The van der Waals surface area contributed by atoms with Crippen molar-refractivity contribution >= 4 is 27.3 Å². The SMILES string of the molecule is CCN(C(=O)C[NH+](C)CC(=O)Nc1cccc(C)c1C)[C@H]1CCS(=O)(=O)C1. The second kappa shape index (κ2) is 8.84. The lowest BCUT2D eigenvalue weighted by molar-refractivity contribution is -0.862. The molecule has 1 aromatic carbocycles. The molecule has 0 aliphatic carbocycles. The van der Waals surface area contributed by atoms with E-state index in [1.165, 1.54) is 0 Å². The number of aryl methyl sites for hydroxylation is 1. The van der Waals surface area contributed by atoms with Gasteiger partial charge in [-0.15, -0.1) is 0 Å². The van der Waals surface area contributed by atoms with Crippen molar-refractivity contribution in [2.45, 2.75) is 33.2 Å². The van der Waals surface area contributed by atoms with Gasteiger partial charge in [-0.1, -0.05) is 12.1 Å². The Morgan fingerprint density at radius 1 is 1.26 bits per heavy atom. The lowest BCUT2D eigenvalue weighted by atomic mass is 10.1. The van der Waals surface area contributed by atoms with Crippen LogP contribution in [0.4, 0.5) is 5.69 Å². The van der Waals surface area contributed by atoms with Crippen molar-refractivity contribution in [1.82, 2.24) is 4.90 Å². The fourth-order valence-corrected chi connectivity index (χ4v) is 5.17. The molecule has 1 fully saturated rings. The van der Waals surface area contributed by atoms with E-state index in [-0.39, 0.29) is 42.5 Å². The van der Waals surface area contributed by atoms with Crippen LogP contribution >= 0.6 is 0 Å². The third-order valence-corrected chi connectivity index (χ3v) is 6.85. The largest absolute Gasteiger partial charge is 0.334 e. The minimum Gasteiger partial charge on any atom is -0.334 e. The Morgan fingerprint density at radius 2 is 1.96 bits per heavy atom. The highest BCUT2D eigenvalue weighted by Crippen LogP contribution is 2.18. The highest BCUT2D eigenvalue weighted by atomic mass is 32.2. The van der Waals surface area contributed by atoms with Gasteiger partial charge in [0.1, 0.15) is 0 Å². The van der Waals surface area contributed by atoms with Gasteiger partial charge in [0.2, 0.25) is 0 Å². The first-order chi connectivity index (χ1) is 12.6. The Kier molecular flexibility index (Phi) is 7.00. The van der Waals surface area contributed by atoms with E-state index in [4.69, 9.17) is 0 Å². The van der Waals surface area contributed by atoms with Crippen molar-refractivity contribution in [2.24, 2.45) is 0 Å². The number of anilines is 1. The van der Waals surface area contributed by atoms with E-state index in [1.54, 1.807) is 11.9 Å². The summed E-state index contributed by atoms with van der Waals surface area (Å²) in [5.74, 6) is -0.0849. The van der Waals surface area contributed by atoms with Gasteiger partial charge in [0.15, 0.2) is 22.9 Å². The fourth-order valence-electron chi connectivity index (χ4n) is 3.44. The zero-order valence-corrected chi connectivity index (χ0v) is 17.4. The number of hydrogen-bond donors (Lipinski definition) is 2. The Labute approximate surface area is 161 Å². The van der Waals surface area contributed by atoms with Crippen LogP contribution in [0.25, 0.3) is 0 Å². The number of quaternary nitrogens is 1. The molecule has 1 saturated heterocycles. The number of nitrogens with zero attached hydrogens (tertiary/aromatic N) is 1. The second-order valence-electron chi connectivity index (χ2n) is 7.34. The molecule has 1 aliphatic heterocycles. The minimum absolute atomic E-state index is 0.0404. The average molecular weight is 397 g/mol. The standard InChI is InChI=1S/C19H29N3O4S/c1-5-22(16-9-10-27(25,26)13-16)19(24)12-21(4)11-18(23)20-17-8-6-7-14(2)15(17)3/h6-8,16H,5,9-13H2,1-4H3,(H,20,23)/p+1/t16-/m0/s1. The molecule has 2 N–H and O–H groups in total. The quantitative estimate of drug-likeness (QED) is 0.668. The first-order valence-electron chi connectivity index (χ1n) is 9.30. The van der Waals surface area contributed by atoms with Crippen LogP contribution in [-0.4, -0.2) is 69.4 Å². The van der Waals surface area contributed by atoms with Gasteiger partial charge in [-0.05, 0) is 44.4 Å². The summed E-state index contributed by atoms with van der Waals surface area (Å²) in [6.07, 6.45) is 0.494. The summed E-state index contributed by atoms with van der Waals surface area (Å²) in [6.45, 7) is 6.60. The predicted molar refractivity (Wildman–Crippen MR) is 106 cm³/mol. The maximum absolute atomic E-state index is 12.6. The van der Waals surface area contributed by atoms with Crippen LogP contribution in [0.1, 0.15) is 24.5 Å². The second-order valence-corrected chi connectivity index (χ2v) is 9.57. The number of carbonyl (C=O) groups excluding carboxylic acids is 2. The van der Waals surface area contributed by atoms with E-state index in [0.29, 0.717) is 13.0 Å². The van der Waals surface area contributed by atoms with Crippen molar-refractivity contribution in [3.05, 3.63) is 29.3 Å². The van der Waals surface area contributed by atoms with Gasteiger partial charge in [-0.2, -0.15) is 0 Å². The van der Waals surface area contributed by atoms with Crippen molar-refractivity contribution in [3.63, 3.8) is 0 Å². The first-order valence-corrected chi connectivity index (χ1v) is 11.1. The van der Waals surface area contributed by atoms with Crippen molar-refractivity contribution < 1.29 is 22.9 Å². The summed E-state index contributed by atoms with van der Waals surface area (Å²) in [6, 6.07) is 5.50. The van der Waals surface area contributed by atoms with Crippen LogP contribution in [-0.2, 0) is 19.4 Å². The third kappa shape index (κ3) is 5.77. The Hall–Kier alpha value is -1.93. The summed E-state index contributed by atoms with van der Waals surface area (Å²) >= 11 is 0. The van der Waals surface area contributed by atoms with Crippen LogP contribution in [0.5, 0.6) is 0 Å². The van der Waals surface area contributed by atoms with Crippen LogP contribution in [0.15, 0.2) is 18.2 Å². The summed E-state index contributed by atoms with van der Waals surface area (Å²) in [4.78, 5) is 27.3. The zero-order valence-electron chi connectivity index (χ0n) is 16.5. The van der Waals surface area contributed by atoms with Crippen molar-refractivity contribution in [3.8, 4) is 0 Å². The van der Waals surface area contributed by atoms with Gasteiger partial charge in [0.05, 0.1) is 18.6 Å². The van der Waals surface area contributed by atoms with Crippen molar-refractivity contribution in [2.75, 3.05) is 43.5 Å². The summed E-state index contributed by atoms with van der Waals surface area (Å²) in [5.41, 5.74) is 2.92. The van der Waals surface area contributed by atoms with Crippen molar-refractivity contribution in [1.29, 1.82) is 0 Å². The molecule has 2 rings (SSSR count). The molecule has 2 atom stereocenters. The number of carbonyl (C=O) groups is 2. The normalized spacial score (nSPS) is 19.5. The van der Waals surface area contributed by atoms with E-state index in [2.05, 4.69) is 5.32 Å². The zero-order chi connectivity index (χ0) is 20.2.